The average molecular weight is 366 g/mol. The molecule has 5 nitrogen and oxygen atoms in total. The van der Waals surface area contributed by atoms with Gasteiger partial charge in [-0.1, -0.05) is 18.2 Å². The Balaban J connectivity index is 1.30. The lowest BCUT2D eigenvalue weighted by atomic mass is 10.1. The molecule has 0 spiro atoms. The van der Waals surface area contributed by atoms with Gasteiger partial charge >= 0.3 is 6.03 Å². The van der Waals surface area contributed by atoms with Crippen LogP contribution in [0.15, 0.2) is 48.0 Å². The Hall–Kier alpha value is -2.44. The maximum Gasteiger partial charge on any atom is 0.319 e. The van der Waals surface area contributed by atoms with Gasteiger partial charge in [-0.05, 0) is 42.5 Å². The molecule has 0 saturated heterocycles. The number of thiophene rings is 1. The summed E-state index contributed by atoms with van der Waals surface area (Å²) < 4.78 is 0. The molecule has 0 radical (unpaired) electrons. The summed E-state index contributed by atoms with van der Waals surface area (Å²) in [4.78, 5) is 20.5. The molecule has 0 saturated carbocycles. The smallest absolute Gasteiger partial charge is 0.319 e. The van der Waals surface area contributed by atoms with Gasteiger partial charge in [0.1, 0.15) is 0 Å². The lowest BCUT2D eigenvalue weighted by Gasteiger charge is -2.32. The second-order valence-corrected chi connectivity index (χ2v) is 7.69. The minimum Gasteiger partial charge on any atom is -0.336 e. The molecule has 2 amide bonds. The van der Waals surface area contributed by atoms with E-state index < -0.39 is 0 Å². The van der Waals surface area contributed by atoms with Crippen LogP contribution >= 0.6 is 11.3 Å². The summed E-state index contributed by atoms with van der Waals surface area (Å²) in [6.07, 6.45) is 2.79. The number of aromatic nitrogens is 1. The number of para-hydroxylation sites is 1. The molecule has 1 aliphatic rings. The molecule has 0 fully saturated rings. The Labute approximate surface area is 157 Å². The van der Waals surface area contributed by atoms with Crippen LogP contribution in [0.5, 0.6) is 0 Å². The van der Waals surface area contributed by atoms with Gasteiger partial charge in [-0.2, -0.15) is 0 Å². The van der Waals surface area contributed by atoms with Crippen LogP contribution in [0.25, 0.3) is 10.9 Å². The molecule has 1 unspecified atom stereocenters. The van der Waals surface area contributed by atoms with E-state index in [1.165, 1.54) is 10.4 Å². The van der Waals surface area contributed by atoms with E-state index >= 15 is 0 Å². The highest BCUT2D eigenvalue weighted by molar-refractivity contribution is 7.10. The predicted octanol–water partition coefficient (Wildman–Crippen LogP) is 3.86. The first-order valence-electron chi connectivity index (χ1n) is 8.88. The molecule has 134 valence electrons. The second-order valence-electron chi connectivity index (χ2n) is 6.69. The van der Waals surface area contributed by atoms with Crippen LogP contribution in [0.4, 0.5) is 10.5 Å². The molecule has 26 heavy (non-hydrogen) atoms. The highest BCUT2D eigenvalue weighted by Gasteiger charge is 2.21. The number of nitrogens with one attached hydrogen (secondary N) is 2. The fraction of sp³-hybridized carbons (Fsp3) is 0.300. The first kappa shape index (κ1) is 17.0. The Kier molecular flexibility index (Phi) is 4.86. The molecular weight excluding hydrogens is 344 g/mol. The molecular formula is C20H22N4OS. The van der Waals surface area contributed by atoms with E-state index in [4.69, 9.17) is 0 Å². The van der Waals surface area contributed by atoms with Crippen LogP contribution in [-0.2, 0) is 13.0 Å². The van der Waals surface area contributed by atoms with Crippen LogP contribution in [0.1, 0.15) is 17.4 Å². The highest BCUT2D eigenvalue weighted by atomic mass is 32.1. The fourth-order valence-electron chi connectivity index (χ4n) is 3.33. The fourth-order valence-corrected chi connectivity index (χ4v) is 4.22. The maximum absolute atomic E-state index is 12.2. The zero-order valence-corrected chi connectivity index (χ0v) is 15.6. The molecule has 1 atom stereocenters. The van der Waals surface area contributed by atoms with Crippen molar-refractivity contribution in [1.29, 1.82) is 0 Å². The third-order valence-corrected chi connectivity index (χ3v) is 5.89. The molecule has 3 heterocycles. The maximum atomic E-state index is 12.2. The van der Waals surface area contributed by atoms with E-state index in [2.05, 4.69) is 38.9 Å². The van der Waals surface area contributed by atoms with E-state index in [-0.39, 0.29) is 6.03 Å². The van der Waals surface area contributed by atoms with Crippen molar-refractivity contribution >= 4 is 34.0 Å². The average Bonchev–Trinajstić information content (AvgIpc) is 3.14. The van der Waals surface area contributed by atoms with Crippen molar-refractivity contribution in [2.45, 2.75) is 25.9 Å². The molecule has 0 bridgehead atoms. The normalized spacial score (nSPS) is 15.4. The zero-order valence-electron chi connectivity index (χ0n) is 14.7. The lowest BCUT2D eigenvalue weighted by molar-refractivity contribution is 0.188. The number of urea groups is 1. The van der Waals surface area contributed by atoms with Crippen molar-refractivity contribution in [3.63, 3.8) is 0 Å². The molecule has 2 aromatic heterocycles. The number of hydrogen-bond acceptors (Lipinski definition) is 4. The standard InChI is InChI=1S/C20H22N4OS/c1-14(24-8-6-19-16(13-24)7-9-26-19)11-22-20(25)23-17-10-15-4-2-3-5-18(15)21-12-17/h2-5,7,9-10,12,14H,6,8,11,13H2,1H3,(H2,22,23,25). The van der Waals surface area contributed by atoms with Crippen molar-refractivity contribution in [3.8, 4) is 0 Å². The van der Waals surface area contributed by atoms with Crippen LogP contribution in [0.2, 0.25) is 0 Å². The number of fused-ring (bicyclic) bond motifs is 2. The predicted molar refractivity (Wildman–Crippen MR) is 107 cm³/mol. The number of carbonyl (C=O) groups is 1. The molecule has 1 aromatic carbocycles. The number of amides is 2. The topological polar surface area (TPSA) is 57.3 Å². The summed E-state index contributed by atoms with van der Waals surface area (Å²) in [6.45, 7) is 4.80. The molecule has 2 N–H and O–H groups in total. The van der Waals surface area contributed by atoms with Crippen molar-refractivity contribution < 1.29 is 4.79 Å². The number of benzene rings is 1. The van der Waals surface area contributed by atoms with E-state index in [1.807, 2.05) is 41.7 Å². The number of carbonyl (C=O) groups excluding carboxylic acids is 1. The van der Waals surface area contributed by atoms with Crippen LogP contribution in [0.3, 0.4) is 0 Å². The van der Waals surface area contributed by atoms with Gasteiger partial charge in [-0.15, -0.1) is 11.3 Å². The van der Waals surface area contributed by atoms with Gasteiger partial charge in [0.2, 0.25) is 0 Å². The van der Waals surface area contributed by atoms with E-state index in [0.29, 0.717) is 18.3 Å². The minimum atomic E-state index is -0.192. The first-order valence-corrected chi connectivity index (χ1v) is 9.76. The summed E-state index contributed by atoms with van der Waals surface area (Å²) >= 11 is 1.85. The van der Waals surface area contributed by atoms with Gasteiger partial charge in [-0.25, -0.2) is 4.79 Å². The summed E-state index contributed by atoms with van der Waals surface area (Å²) in [5, 5.41) is 9.03. The Morgan fingerprint density at radius 2 is 2.23 bits per heavy atom. The van der Waals surface area contributed by atoms with Gasteiger partial charge in [-0.3, -0.25) is 9.88 Å². The molecule has 1 aliphatic heterocycles. The van der Waals surface area contributed by atoms with Crippen LogP contribution < -0.4 is 10.6 Å². The number of nitrogens with zero attached hydrogens (tertiary/aromatic N) is 2. The highest BCUT2D eigenvalue weighted by Crippen LogP contribution is 2.25. The Morgan fingerprint density at radius 3 is 3.15 bits per heavy atom. The summed E-state index contributed by atoms with van der Waals surface area (Å²) in [5.74, 6) is 0. The van der Waals surface area contributed by atoms with Crippen molar-refractivity contribution in [2.24, 2.45) is 0 Å². The minimum absolute atomic E-state index is 0.192. The zero-order chi connectivity index (χ0) is 17.9. The van der Waals surface area contributed by atoms with Crippen molar-refractivity contribution in [1.82, 2.24) is 15.2 Å². The van der Waals surface area contributed by atoms with E-state index in [9.17, 15) is 4.79 Å². The summed E-state index contributed by atoms with van der Waals surface area (Å²) in [5.41, 5.74) is 3.06. The second kappa shape index (κ2) is 7.43. The third-order valence-electron chi connectivity index (χ3n) is 4.87. The Morgan fingerprint density at radius 1 is 1.35 bits per heavy atom. The van der Waals surface area contributed by atoms with Gasteiger partial charge < -0.3 is 10.6 Å². The molecule has 6 heteroatoms. The first-order chi connectivity index (χ1) is 12.7. The lowest BCUT2D eigenvalue weighted by Crippen LogP contribution is -2.45. The number of hydrogen-bond donors (Lipinski definition) is 2. The molecule has 3 aromatic rings. The van der Waals surface area contributed by atoms with Gasteiger partial charge in [0, 0.05) is 35.9 Å². The largest absolute Gasteiger partial charge is 0.336 e. The van der Waals surface area contributed by atoms with Gasteiger partial charge in [0.25, 0.3) is 0 Å². The summed E-state index contributed by atoms with van der Waals surface area (Å²) in [6, 6.07) is 12.1. The SMILES string of the molecule is CC(CNC(=O)Nc1cnc2ccccc2c1)N1CCc2sccc2C1. The molecule has 4 rings (SSSR count). The summed E-state index contributed by atoms with van der Waals surface area (Å²) in [7, 11) is 0. The Bertz CT molecular complexity index is 923. The van der Waals surface area contributed by atoms with Gasteiger partial charge in [0.15, 0.2) is 0 Å². The van der Waals surface area contributed by atoms with E-state index in [1.54, 1.807) is 6.20 Å². The van der Waals surface area contributed by atoms with Crippen molar-refractivity contribution in [2.75, 3.05) is 18.4 Å². The molecule has 0 aliphatic carbocycles. The third kappa shape index (κ3) is 3.71. The number of pyridine rings is 1. The van der Waals surface area contributed by atoms with Crippen molar-refractivity contribution in [3.05, 3.63) is 58.4 Å². The van der Waals surface area contributed by atoms with Crippen LogP contribution in [0, 0.1) is 0 Å². The number of rotatable bonds is 4. The van der Waals surface area contributed by atoms with Gasteiger partial charge in [0.05, 0.1) is 17.4 Å². The van der Waals surface area contributed by atoms with Crippen LogP contribution in [-0.4, -0.2) is 35.0 Å². The monoisotopic (exact) mass is 366 g/mol. The quantitative estimate of drug-likeness (QED) is 0.737. The number of anilines is 1. The van der Waals surface area contributed by atoms with E-state index in [0.717, 1.165) is 30.4 Å².